The lowest BCUT2D eigenvalue weighted by Gasteiger charge is -2.10. The summed E-state index contributed by atoms with van der Waals surface area (Å²) in [5.74, 6) is -0.578. The minimum atomic E-state index is -0.593. The van der Waals surface area contributed by atoms with Gasteiger partial charge in [-0.3, -0.25) is 30.3 Å². The number of carbonyl (C=O) groups is 1. The van der Waals surface area contributed by atoms with Gasteiger partial charge in [0.05, 0.1) is 20.6 Å². The third-order valence-electron chi connectivity index (χ3n) is 2.98. The maximum Gasteiger partial charge on any atom is 0.271 e. The second-order valence-electron chi connectivity index (χ2n) is 4.63. The van der Waals surface area contributed by atoms with Gasteiger partial charge in [-0.05, 0) is 30.4 Å². The number of non-ortho nitro benzene ring substituents is 2. The van der Waals surface area contributed by atoms with Crippen LogP contribution in [0.15, 0.2) is 42.5 Å². The van der Waals surface area contributed by atoms with Gasteiger partial charge in [-0.25, -0.2) is 0 Å². The lowest BCUT2D eigenvalue weighted by Crippen LogP contribution is -2.34. The molecule has 0 fully saturated rings. The first-order chi connectivity index (χ1) is 11.8. The molecule has 9 nitrogen and oxygen atoms in total. The van der Waals surface area contributed by atoms with Crippen LogP contribution in [0.5, 0.6) is 0 Å². The third kappa shape index (κ3) is 4.68. The number of nitro benzene ring substituents is 2. The van der Waals surface area contributed by atoms with Crippen LogP contribution in [0.25, 0.3) is 0 Å². The molecule has 2 N–H and O–H groups in total. The SMILES string of the molecule is O=C(NC(=S)Nc1ccc([N+](=O)[O-])cc1Cl)c1ccc([N+](=O)[O-])cc1. The van der Waals surface area contributed by atoms with Crippen molar-refractivity contribution in [1.82, 2.24) is 5.32 Å². The number of rotatable bonds is 4. The zero-order chi connectivity index (χ0) is 18.6. The minimum absolute atomic E-state index is 0.0566. The number of amides is 1. The van der Waals surface area contributed by atoms with Crippen LogP contribution in [0.2, 0.25) is 5.02 Å². The molecule has 0 spiro atoms. The number of nitro groups is 2. The average molecular weight is 381 g/mol. The highest BCUT2D eigenvalue weighted by atomic mass is 35.5. The van der Waals surface area contributed by atoms with E-state index in [1.54, 1.807) is 0 Å². The molecule has 0 saturated carbocycles. The fraction of sp³-hybridized carbons (Fsp3) is 0. The molecule has 0 unspecified atom stereocenters. The molecule has 0 saturated heterocycles. The fourth-order valence-corrected chi connectivity index (χ4v) is 2.21. The topological polar surface area (TPSA) is 127 Å². The van der Waals surface area contributed by atoms with Crippen molar-refractivity contribution in [2.45, 2.75) is 0 Å². The molecule has 0 heterocycles. The summed E-state index contributed by atoms with van der Waals surface area (Å²) < 4.78 is 0. The number of anilines is 1. The van der Waals surface area contributed by atoms with Crippen LogP contribution in [0.3, 0.4) is 0 Å². The predicted octanol–water partition coefficient (Wildman–Crippen LogP) is 3.28. The first-order valence-electron chi connectivity index (χ1n) is 6.58. The maximum atomic E-state index is 12.0. The largest absolute Gasteiger partial charge is 0.331 e. The van der Waals surface area contributed by atoms with Crippen LogP contribution in [-0.2, 0) is 0 Å². The van der Waals surface area contributed by atoms with Crippen LogP contribution < -0.4 is 10.6 Å². The molecule has 1 amide bonds. The van der Waals surface area contributed by atoms with Gasteiger partial charge in [0.15, 0.2) is 5.11 Å². The second kappa shape index (κ2) is 7.64. The number of thiocarbonyl (C=S) groups is 1. The molecule has 128 valence electrons. The maximum absolute atomic E-state index is 12.0. The second-order valence-corrected chi connectivity index (χ2v) is 5.45. The summed E-state index contributed by atoms with van der Waals surface area (Å²) in [5.41, 5.74) is 0.122. The number of hydrogen-bond acceptors (Lipinski definition) is 6. The summed E-state index contributed by atoms with van der Waals surface area (Å²) in [6.45, 7) is 0. The van der Waals surface area contributed by atoms with Gasteiger partial charge in [0.25, 0.3) is 17.3 Å². The third-order valence-corrected chi connectivity index (χ3v) is 3.50. The van der Waals surface area contributed by atoms with E-state index < -0.39 is 15.8 Å². The summed E-state index contributed by atoms with van der Waals surface area (Å²) >= 11 is 10.9. The van der Waals surface area contributed by atoms with Crippen molar-refractivity contribution in [2.24, 2.45) is 0 Å². The van der Waals surface area contributed by atoms with Crippen LogP contribution in [0.4, 0.5) is 17.1 Å². The van der Waals surface area contributed by atoms with Crippen LogP contribution >= 0.6 is 23.8 Å². The predicted molar refractivity (Wildman–Crippen MR) is 94.9 cm³/mol. The molecule has 11 heteroatoms. The average Bonchev–Trinajstić information content (AvgIpc) is 2.56. The quantitative estimate of drug-likeness (QED) is 0.473. The zero-order valence-electron chi connectivity index (χ0n) is 12.3. The molecule has 0 radical (unpaired) electrons. The lowest BCUT2D eigenvalue weighted by atomic mass is 10.2. The molecule has 0 aliphatic carbocycles. The molecule has 2 rings (SSSR count). The van der Waals surface area contributed by atoms with Crippen LogP contribution in [0.1, 0.15) is 10.4 Å². The van der Waals surface area contributed by atoms with Gasteiger partial charge in [0.1, 0.15) is 0 Å². The van der Waals surface area contributed by atoms with Crippen molar-refractivity contribution < 1.29 is 14.6 Å². The van der Waals surface area contributed by atoms with E-state index in [2.05, 4.69) is 10.6 Å². The van der Waals surface area contributed by atoms with Crippen molar-refractivity contribution in [3.8, 4) is 0 Å². The highest BCUT2D eigenvalue weighted by molar-refractivity contribution is 7.80. The van der Waals surface area contributed by atoms with Crippen LogP contribution in [0, 0.1) is 20.2 Å². The van der Waals surface area contributed by atoms with Crippen molar-refractivity contribution in [3.05, 3.63) is 73.3 Å². The minimum Gasteiger partial charge on any atom is -0.331 e. The molecular weight excluding hydrogens is 372 g/mol. The van der Waals surface area contributed by atoms with E-state index in [0.29, 0.717) is 0 Å². The molecular formula is C14H9ClN4O5S. The normalized spacial score (nSPS) is 9.96. The standard InChI is InChI=1S/C14H9ClN4O5S/c15-11-7-10(19(23)24)5-6-12(11)16-14(25)17-13(20)8-1-3-9(4-2-8)18(21)22/h1-7H,(H2,16,17,20,25). The van der Waals surface area contributed by atoms with E-state index in [-0.39, 0.29) is 32.8 Å². The lowest BCUT2D eigenvalue weighted by molar-refractivity contribution is -0.385. The first kappa shape index (κ1) is 18.2. The zero-order valence-corrected chi connectivity index (χ0v) is 13.8. The molecule has 25 heavy (non-hydrogen) atoms. The number of benzene rings is 2. The van der Waals surface area contributed by atoms with Crippen molar-refractivity contribution in [1.29, 1.82) is 0 Å². The number of hydrogen-bond donors (Lipinski definition) is 2. The Morgan fingerprint density at radius 1 is 1.00 bits per heavy atom. The number of halogens is 1. The van der Waals surface area contributed by atoms with E-state index in [4.69, 9.17) is 23.8 Å². The molecule has 2 aromatic carbocycles. The number of nitrogens with one attached hydrogen (secondary N) is 2. The first-order valence-corrected chi connectivity index (χ1v) is 7.37. The Balaban J connectivity index is 2.03. The van der Waals surface area contributed by atoms with Gasteiger partial charge in [-0.1, -0.05) is 11.6 Å². The monoisotopic (exact) mass is 380 g/mol. The van der Waals surface area contributed by atoms with Crippen molar-refractivity contribution in [3.63, 3.8) is 0 Å². The van der Waals surface area contributed by atoms with Gasteiger partial charge in [-0.2, -0.15) is 0 Å². The Morgan fingerprint density at radius 2 is 1.56 bits per heavy atom. The van der Waals surface area contributed by atoms with E-state index in [9.17, 15) is 25.0 Å². The highest BCUT2D eigenvalue weighted by Gasteiger charge is 2.13. The Bertz CT molecular complexity index is 872. The van der Waals surface area contributed by atoms with Crippen molar-refractivity contribution >= 4 is 51.9 Å². The van der Waals surface area contributed by atoms with Gasteiger partial charge < -0.3 is 5.32 Å². The van der Waals surface area contributed by atoms with Gasteiger partial charge in [0, 0.05) is 29.8 Å². The molecule has 0 bridgehead atoms. The smallest absolute Gasteiger partial charge is 0.271 e. The molecule has 0 aliphatic heterocycles. The van der Waals surface area contributed by atoms with E-state index in [1.165, 1.54) is 36.4 Å². The number of nitrogens with zero attached hydrogens (tertiary/aromatic N) is 2. The summed E-state index contributed by atoms with van der Waals surface area (Å²) in [5, 5.41) is 26.2. The van der Waals surface area contributed by atoms with Gasteiger partial charge in [0.2, 0.25) is 0 Å². The molecule has 0 aromatic heterocycles. The Morgan fingerprint density at radius 3 is 2.08 bits per heavy atom. The van der Waals surface area contributed by atoms with E-state index in [1.807, 2.05) is 0 Å². The summed E-state index contributed by atoms with van der Waals surface area (Å²) in [7, 11) is 0. The molecule has 0 aliphatic rings. The van der Waals surface area contributed by atoms with Gasteiger partial charge >= 0.3 is 0 Å². The van der Waals surface area contributed by atoms with Crippen molar-refractivity contribution in [2.75, 3.05) is 5.32 Å². The van der Waals surface area contributed by atoms with Gasteiger partial charge in [-0.15, -0.1) is 0 Å². The van der Waals surface area contributed by atoms with E-state index in [0.717, 1.165) is 6.07 Å². The summed E-state index contributed by atoms with van der Waals surface area (Å²) in [4.78, 5) is 32.1. The summed E-state index contributed by atoms with van der Waals surface area (Å²) in [6, 6.07) is 8.69. The highest BCUT2D eigenvalue weighted by Crippen LogP contribution is 2.26. The molecule has 2 aromatic rings. The molecule has 0 atom stereocenters. The Hall–Kier alpha value is -3.11. The summed E-state index contributed by atoms with van der Waals surface area (Å²) in [6.07, 6.45) is 0. The Labute approximate surface area is 150 Å². The fourth-order valence-electron chi connectivity index (χ4n) is 1.78. The Kier molecular flexibility index (Phi) is 5.57. The van der Waals surface area contributed by atoms with E-state index >= 15 is 0 Å². The van der Waals surface area contributed by atoms with Crippen LogP contribution in [-0.4, -0.2) is 20.9 Å². The number of carbonyl (C=O) groups excluding carboxylic acids is 1.